The molecule has 0 spiro atoms. The first-order chi connectivity index (χ1) is 12.9. The largest absolute Gasteiger partial charge is 0.378 e. The lowest BCUT2D eigenvalue weighted by Gasteiger charge is -2.43. The molecule has 134 valence electrons. The fraction of sp³-hybridized carbons (Fsp3) is 0.368. The van der Waals surface area contributed by atoms with E-state index in [1.54, 1.807) is 12.4 Å². The molecule has 2 aromatic heterocycles. The van der Waals surface area contributed by atoms with Crippen molar-refractivity contribution in [3.05, 3.63) is 49.1 Å². The van der Waals surface area contributed by atoms with Crippen LogP contribution in [0.5, 0.6) is 0 Å². The average Bonchev–Trinajstić information content (AvgIpc) is 3.12. The molecule has 3 aromatic rings. The Labute approximate surface area is 152 Å². The molecule has 26 heavy (non-hydrogen) atoms. The van der Waals surface area contributed by atoms with Crippen LogP contribution >= 0.6 is 0 Å². The van der Waals surface area contributed by atoms with Gasteiger partial charge in [-0.1, -0.05) is 0 Å². The minimum atomic E-state index is 0.640. The van der Waals surface area contributed by atoms with E-state index in [0.29, 0.717) is 6.04 Å². The minimum absolute atomic E-state index is 0.640. The Morgan fingerprint density at radius 3 is 2.35 bits per heavy atom. The molecule has 0 radical (unpaired) electrons. The summed E-state index contributed by atoms with van der Waals surface area (Å²) < 4.78 is 7.26. The van der Waals surface area contributed by atoms with Gasteiger partial charge in [0.15, 0.2) is 11.5 Å². The van der Waals surface area contributed by atoms with Crippen molar-refractivity contribution in [3.63, 3.8) is 0 Å². The summed E-state index contributed by atoms with van der Waals surface area (Å²) in [4.78, 5) is 13.8. The third-order valence-corrected chi connectivity index (χ3v) is 5.26. The maximum atomic E-state index is 5.31. The number of hydrogen-bond donors (Lipinski definition) is 1. The lowest BCUT2D eigenvalue weighted by Crippen LogP contribution is -2.56. The molecule has 2 saturated heterocycles. The number of ether oxygens (including phenoxy) is 1. The van der Waals surface area contributed by atoms with Gasteiger partial charge < -0.3 is 19.4 Å². The molecular formula is C19H22N6O. The van der Waals surface area contributed by atoms with Gasteiger partial charge in [0.25, 0.3) is 0 Å². The summed E-state index contributed by atoms with van der Waals surface area (Å²) in [6, 6.07) is 9.21. The van der Waals surface area contributed by atoms with Crippen LogP contribution in [0.2, 0.25) is 0 Å². The van der Waals surface area contributed by atoms with Gasteiger partial charge in [0.05, 0.1) is 19.3 Å². The minimum Gasteiger partial charge on any atom is -0.378 e. The summed E-state index contributed by atoms with van der Waals surface area (Å²) in [5.41, 5.74) is 3.11. The van der Waals surface area contributed by atoms with Gasteiger partial charge in [0.1, 0.15) is 0 Å². The molecule has 2 aliphatic rings. The Kier molecular flexibility index (Phi) is 3.95. The quantitative estimate of drug-likeness (QED) is 0.777. The normalized spacial score (nSPS) is 18.8. The second kappa shape index (κ2) is 6.59. The zero-order valence-corrected chi connectivity index (χ0v) is 14.6. The average molecular weight is 350 g/mol. The molecule has 0 saturated carbocycles. The SMILES string of the molecule is c1cn2ccnc2c(Nc2ccc(N3CCN(C4COC4)CC3)cc2)n1. The van der Waals surface area contributed by atoms with Gasteiger partial charge in [-0.05, 0) is 24.3 Å². The molecule has 7 heteroatoms. The van der Waals surface area contributed by atoms with Gasteiger partial charge >= 0.3 is 0 Å². The Bertz CT molecular complexity index is 880. The van der Waals surface area contributed by atoms with Gasteiger partial charge in [-0.2, -0.15) is 0 Å². The second-order valence-electron chi connectivity index (χ2n) is 6.82. The Balaban J connectivity index is 1.25. The van der Waals surface area contributed by atoms with Crippen LogP contribution in [-0.4, -0.2) is 64.7 Å². The van der Waals surface area contributed by atoms with Gasteiger partial charge in [0.2, 0.25) is 0 Å². The van der Waals surface area contributed by atoms with E-state index >= 15 is 0 Å². The highest BCUT2D eigenvalue weighted by Crippen LogP contribution is 2.23. The predicted octanol–water partition coefficient (Wildman–Crippen LogP) is 1.99. The number of hydrogen-bond acceptors (Lipinski definition) is 6. The van der Waals surface area contributed by atoms with Crippen LogP contribution in [0.1, 0.15) is 0 Å². The van der Waals surface area contributed by atoms with E-state index in [1.807, 2.05) is 16.8 Å². The first-order valence-corrected chi connectivity index (χ1v) is 9.08. The number of piperazine rings is 1. The highest BCUT2D eigenvalue weighted by Gasteiger charge is 2.28. The maximum absolute atomic E-state index is 5.31. The number of aromatic nitrogens is 3. The first-order valence-electron chi connectivity index (χ1n) is 9.08. The van der Waals surface area contributed by atoms with Gasteiger partial charge in [-0.25, -0.2) is 9.97 Å². The van der Waals surface area contributed by atoms with E-state index in [0.717, 1.165) is 56.5 Å². The van der Waals surface area contributed by atoms with E-state index < -0.39 is 0 Å². The number of nitrogens with one attached hydrogen (secondary N) is 1. The molecule has 1 N–H and O–H groups in total. The molecule has 0 unspecified atom stereocenters. The van der Waals surface area contributed by atoms with Crippen LogP contribution < -0.4 is 10.2 Å². The highest BCUT2D eigenvalue weighted by atomic mass is 16.5. The van der Waals surface area contributed by atoms with Crippen LogP contribution in [0.25, 0.3) is 5.65 Å². The summed E-state index contributed by atoms with van der Waals surface area (Å²) in [7, 11) is 0. The van der Waals surface area contributed by atoms with Crippen molar-refractivity contribution in [1.29, 1.82) is 0 Å². The highest BCUT2D eigenvalue weighted by molar-refractivity contribution is 5.70. The summed E-state index contributed by atoms with van der Waals surface area (Å²) in [5, 5.41) is 3.37. The van der Waals surface area contributed by atoms with Crippen molar-refractivity contribution in [2.45, 2.75) is 6.04 Å². The van der Waals surface area contributed by atoms with Crippen molar-refractivity contribution in [1.82, 2.24) is 19.3 Å². The molecule has 1 aromatic carbocycles. The van der Waals surface area contributed by atoms with E-state index in [9.17, 15) is 0 Å². The monoisotopic (exact) mass is 350 g/mol. The first kappa shape index (κ1) is 15.6. The topological polar surface area (TPSA) is 57.9 Å². The molecule has 0 amide bonds. The van der Waals surface area contributed by atoms with Crippen LogP contribution in [0.3, 0.4) is 0 Å². The summed E-state index contributed by atoms with van der Waals surface area (Å²) in [6.45, 7) is 6.16. The zero-order chi connectivity index (χ0) is 17.3. The van der Waals surface area contributed by atoms with Crippen molar-refractivity contribution in [2.24, 2.45) is 0 Å². The van der Waals surface area contributed by atoms with Crippen molar-refractivity contribution in [2.75, 3.05) is 49.6 Å². The molecule has 0 atom stereocenters. The third-order valence-electron chi connectivity index (χ3n) is 5.26. The molecule has 2 fully saturated rings. The molecule has 5 rings (SSSR count). The number of imidazole rings is 1. The van der Waals surface area contributed by atoms with Gasteiger partial charge in [-0.3, -0.25) is 4.90 Å². The Morgan fingerprint density at radius 1 is 0.923 bits per heavy atom. The number of anilines is 3. The fourth-order valence-corrected chi connectivity index (χ4v) is 3.61. The second-order valence-corrected chi connectivity index (χ2v) is 6.82. The summed E-state index contributed by atoms with van der Waals surface area (Å²) in [5.74, 6) is 0.765. The van der Waals surface area contributed by atoms with E-state index in [2.05, 4.69) is 49.4 Å². The summed E-state index contributed by atoms with van der Waals surface area (Å²) in [6.07, 6.45) is 7.37. The molecule has 0 aliphatic carbocycles. The van der Waals surface area contributed by atoms with Crippen molar-refractivity contribution in [3.8, 4) is 0 Å². The van der Waals surface area contributed by atoms with Gasteiger partial charge in [-0.15, -0.1) is 0 Å². The number of benzene rings is 1. The third kappa shape index (κ3) is 2.89. The van der Waals surface area contributed by atoms with Crippen molar-refractivity contribution < 1.29 is 4.74 Å². The van der Waals surface area contributed by atoms with Gasteiger partial charge in [0, 0.05) is 62.3 Å². The van der Waals surface area contributed by atoms with Crippen LogP contribution in [-0.2, 0) is 4.74 Å². The van der Waals surface area contributed by atoms with Crippen molar-refractivity contribution >= 4 is 22.8 Å². The Morgan fingerprint density at radius 2 is 1.65 bits per heavy atom. The smallest absolute Gasteiger partial charge is 0.180 e. The molecule has 4 heterocycles. The summed E-state index contributed by atoms with van der Waals surface area (Å²) >= 11 is 0. The molecule has 2 aliphatic heterocycles. The molecule has 7 nitrogen and oxygen atoms in total. The lowest BCUT2D eigenvalue weighted by atomic mass is 10.1. The van der Waals surface area contributed by atoms with Crippen LogP contribution in [0, 0.1) is 0 Å². The number of rotatable bonds is 4. The van der Waals surface area contributed by atoms with Crippen LogP contribution in [0.4, 0.5) is 17.2 Å². The zero-order valence-electron chi connectivity index (χ0n) is 14.6. The molecule has 0 bridgehead atoms. The standard InChI is InChI=1S/C19H22N6O/c1-3-16(23-9-11-24(12-10-23)17-13-26-14-17)4-2-15(1)22-18-19-21-6-8-25(19)7-5-20-18/h1-8,17H,9-14H2,(H,20,22). The van der Waals surface area contributed by atoms with Crippen LogP contribution in [0.15, 0.2) is 49.1 Å². The van der Waals surface area contributed by atoms with E-state index in [-0.39, 0.29) is 0 Å². The van der Waals surface area contributed by atoms with E-state index in [1.165, 1.54) is 5.69 Å². The van der Waals surface area contributed by atoms with E-state index in [4.69, 9.17) is 4.74 Å². The molecular weight excluding hydrogens is 328 g/mol. The predicted molar refractivity (Wildman–Crippen MR) is 101 cm³/mol. The number of fused-ring (bicyclic) bond motifs is 1. The number of nitrogens with zero attached hydrogens (tertiary/aromatic N) is 5. The Hall–Kier alpha value is -2.64. The maximum Gasteiger partial charge on any atom is 0.180 e. The lowest BCUT2D eigenvalue weighted by molar-refractivity contribution is -0.0660. The fourth-order valence-electron chi connectivity index (χ4n) is 3.61.